The van der Waals surface area contributed by atoms with Crippen molar-refractivity contribution in [2.45, 2.75) is 52.9 Å². The molecule has 0 saturated carbocycles. The van der Waals surface area contributed by atoms with Crippen molar-refractivity contribution in [3.8, 4) is 45.3 Å². The highest BCUT2D eigenvalue weighted by atomic mass is 16.6. The molecular formula is C94H67BO18. The first-order valence-electron chi connectivity index (χ1n) is 36.2. The predicted octanol–water partition coefficient (Wildman–Crippen LogP) is 16.6. The van der Waals surface area contributed by atoms with E-state index >= 15 is 9.59 Å². The molecule has 0 amide bonds. The average molecular weight is 1500 g/mol. The zero-order valence-electron chi connectivity index (χ0n) is 60.5. The van der Waals surface area contributed by atoms with Crippen LogP contribution in [0.25, 0.3) is 22.3 Å². The Morgan fingerprint density at radius 1 is 0.221 bits per heavy atom. The third-order valence-electron chi connectivity index (χ3n) is 19.0. The van der Waals surface area contributed by atoms with Crippen LogP contribution in [0.3, 0.4) is 0 Å². The van der Waals surface area contributed by atoms with Gasteiger partial charge in [0, 0.05) is 5.46 Å². The monoisotopic (exact) mass is 1490 g/mol. The molecule has 0 aromatic heterocycles. The summed E-state index contributed by atoms with van der Waals surface area (Å²) in [4.78, 5) is 120. The first-order chi connectivity index (χ1) is 55.3. The first-order valence-corrected chi connectivity index (χ1v) is 36.2. The van der Waals surface area contributed by atoms with E-state index in [9.17, 15) is 28.8 Å². The molecular weight excluding hydrogens is 1430 g/mol. The Balaban J connectivity index is 0.896. The summed E-state index contributed by atoms with van der Waals surface area (Å²) in [5.41, 5.74) is 4.79. The molecule has 15 rings (SSSR count). The summed E-state index contributed by atoms with van der Waals surface area (Å²) >= 11 is 0. The summed E-state index contributed by atoms with van der Waals surface area (Å²) < 4.78 is 61.9. The van der Waals surface area contributed by atoms with E-state index in [-0.39, 0.29) is 126 Å². The number of rotatable bonds is 26. The minimum atomic E-state index is -1.02. The van der Waals surface area contributed by atoms with Gasteiger partial charge in [0.1, 0.15) is 87.0 Å². The molecule has 2 aliphatic heterocycles. The fraction of sp³-hybridized carbons (Fsp3) is 0.0851. The highest BCUT2D eigenvalue weighted by Gasteiger charge is 2.45. The van der Waals surface area contributed by atoms with Crippen LogP contribution in [0.2, 0.25) is 0 Å². The van der Waals surface area contributed by atoms with Gasteiger partial charge in [-0.1, -0.05) is 267 Å². The Kier molecular flexibility index (Phi) is 22.4. The summed E-state index contributed by atoms with van der Waals surface area (Å²) in [6.45, 7) is -2.66. The highest BCUT2D eigenvalue weighted by Crippen LogP contribution is 2.43. The van der Waals surface area contributed by atoms with Gasteiger partial charge in [-0.15, -0.1) is 0 Å². The Bertz CT molecular complexity index is 5230. The fourth-order valence-corrected chi connectivity index (χ4v) is 13.3. The van der Waals surface area contributed by atoms with Crippen molar-refractivity contribution in [2.24, 2.45) is 0 Å². The number of hydrogen-bond acceptors (Lipinski definition) is 18. The molecule has 2 aliphatic rings. The van der Waals surface area contributed by atoms with E-state index in [1.54, 1.807) is 231 Å². The Labute approximate surface area is 649 Å². The standard InChI is InChI=1S/C94H67BO18/c96-87(104-52-60-25-9-1-10-26-60)72-45-70(46-73(88(97)105-53-61-27-11-2-12-28-61)82(72)93(102)110-58-66-37-21-7-22-38-66)68-41-43-78-80(49-68)112-85-76(91(100)108-56-64-33-17-5-18-34-64)51-77(92(101)109-57-65-35-19-6-20-36-65)86-84(85)95(78)79-44-42-69(50-81(79)113-86)71-47-74(89(98)106-54-62-29-13-3-14-30-62)83(94(103)111-59-67-39-23-8-24-40-67)75(48-71)90(99)107-55-63-31-15-4-16-32-63/h1-51H,52-59H2. The Hall–Kier alpha value is -14.7. The molecule has 0 unspecified atom stereocenters. The molecule has 0 atom stereocenters. The van der Waals surface area contributed by atoms with E-state index < -0.39 is 65.6 Å². The molecule has 0 N–H and O–H groups in total. The Morgan fingerprint density at radius 2 is 0.434 bits per heavy atom. The summed E-state index contributed by atoms with van der Waals surface area (Å²) in [6, 6.07) is 88.6. The van der Waals surface area contributed by atoms with Crippen LogP contribution in [0.5, 0.6) is 23.0 Å². The number of fused-ring (bicyclic) bond motifs is 4. The van der Waals surface area contributed by atoms with Crippen molar-refractivity contribution in [2.75, 3.05) is 0 Å². The lowest BCUT2D eigenvalue weighted by Gasteiger charge is -2.35. The lowest BCUT2D eigenvalue weighted by atomic mass is 9.34. The van der Waals surface area contributed by atoms with Gasteiger partial charge >= 0.3 is 47.8 Å². The van der Waals surface area contributed by atoms with Gasteiger partial charge in [0.2, 0.25) is 0 Å². The minimum Gasteiger partial charge on any atom is -0.457 e. The maximum Gasteiger partial charge on any atom is 0.342 e. The molecule has 554 valence electrons. The highest BCUT2D eigenvalue weighted by molar-refractivity contribution is 6.98. The van der Waals surface area contributed by atoms with Crippen molar-refractivity contribution in [1.82, 2.24) is 0 Å². The van der Waals surface area contributed by atoms with Gasteiger partial charge in [0.05, 0.1) is 33.4 Å². The molecule has 2 heterocycles. The van der Waals surface area contributed by atoms with Crippen molar-refractivity contribution in [3.63, 3.8) is 0 Å². The molecule has 0 bridgehead atoms. The van der Waals surface area contributed by atoms with Crippen LogP contribution in [-0.4, -0.2) is 54.5 Å². The summed E-state index contributed by atoms with van der Waals surface area (Å²) in [7, 11) is 0. The molecule has 18 nitrogen and oxygen atoms in total. The van der Waals surface area contributed by atoms with Crippen LogP contribution >= 0.6 is 0 Å². The van der Waals surface area contributed by atoms with Crippen LogP contribution in [0, 0.1) is 0 Å². The summed E-state index contributed by atoms with van der Waals surface area (Å²) in [5, 5.41) is 0. The first kappa shape index (κ1) is 73.8. The molecule has 13 aromatic rings. The topological polar surface area (TPSA) is 229 Å². The number of esters is 8. The molecule has 0 aliphatic carbocycles. The normalized spacial score (nSPS) is 11.3. The minimum absolute atomic E-state index is 0.0685. The van der Waals surface area contributed by atoms with Gasteiger partial charge < -0.3 is 47.4 Å². The van der Waals surface area contributed by atoms with E-state index in [2.05, 4.69) is 0 Å². The zero-order chi connectivity index (χ0) is 77.6. The number of benzene rings is 13. The summed E-state index contributed by atoms with van der Waals surface area (Å²) in [6.07, 6.45) is 0. The lowest BCUT2D eigenvalue weighted by molar-refractivity contribution is 0.0404. The maximum absolute atomic E-state index is 15.1. The van der Waals surface area contributed by atoms with Gasteiger partial charge in [-0.3, -0.25) is 0 Å². The second kappa shape index (κ2) is 34.2. The molecule has 13 aromatic carbocycles. The van der Waals surface area contributed by atoms with Crippen LogP contribution in [-0.2, 0) is 90.7 Å². The van der Waals surface area contributed by atoms with E-state index in [4.69, 9.17) is 47.4 Å². The maximum atomic E-state index is 15.1. The molecule has 113 heavy (non-hydrogen) atoms. The largest absolute Gasteiger partial charge is 0.457 e. The fourth-order valence-electron chi connectivity index (χ4n) is 13.3. The van der Waals surface area contributed by atoms with Crippen LogP contribution < -0.4 is 25.9 Å². The van der Waals surface area contributed by atoms with Crippen LogP contribution in [0.4, 0.5) is 0 Å². The number of hydrogen-bond donors (Lipinski definition) is 0. The quantitative estimate of drug-likeness (QED) is 0.0279. The smallest absolute Gasteiger partial charge is 0.342 e. The van der Waals surface area contributed by atoms with Gasteiger partial charge in [-0.2, -0.15) is 0 Å². The SMILES string of the molecule is O=C(OCc1ccccc1)c1cc(C(=O)OCc2ccccc2)c2c3c1Oc1cc(-c4cc(C(=O)OCc5ccccc5)c(C(=O)OCc5ccccc5)c(C(=O)OCc5ccccc5)c4)ccc1B3c1ccc(-c3cc(C(=O)OCc4ccccc4)c(C(=O)OCc4ccccc4)c(C(=O)OCc4ccccc4)c3)cc1O2. The van der Waals surface area contributed by atoms with Crippen molar-refractivity contribution in [3.05, 3.63) is 398 Å². The van der Waals surface area contributed by atoms with E-state index in [0.717, 1.165) is 0 Å². The van der Waals surface area contributed by atoms with E-state index in [0.29, 0.717) is 66.6 Å². The zero-order valence-corrected chi connectivity index (χ0v) is 60.5. The van der Waals surface area contributed by atoms with E-state index in [1.807, 2.05) is 48.5 Å². The van der Waals surface area contributed by atoms with Crippen molar-refractivity contribution in [1.29, 1.82) is 0 Å². The molecule has 0 fully saturated rings. The van der Waals surface area contributed by atoms with E-state index in [1.165, 1.54) is 30.3 Å². The molecule has 0 saturated heterocycles. The number of ether oxygens (including phenoxy) is 10. The number of carbonyl (C=O) groups is 8. The molecule has 0 radical (unpaired) electrons. The van der Waals surface area contributed by atoms with Crippen LogP contribution in [0.15, 0.2) is 309 Å². The van der Waals surface area contributed by atoms with Crippen molar-refractivity contribution < 1.29 is 85.7 Å². The predicted molar refractivity (Wildman–Crippen MR) is 419 cm³/mol. The van der Waals surface area contributed by atoms with Gasteiger partial charge in [-0.05, 0) is 120 Å². The second-order valence-corrected chi connectivity index (χ2v) is 26.6. The Morgan fingerprint density at radius 3 is 0.664 bits per heavy atom. The lowest BCUT2D eigenvalue weighted by Crippen LogP contribution is -2.58. The van der Waals surface area contributed by atoms with Gasteiger partial charge in [0.25, 0.3) is 6.71 Å². The van der Waals surface area contributed by atoms with Gasteiger partial charge in [-0.25, -0.2) is 38.4 Å². The van der Waals surface area contributed by atoms with Crippen LogP contribution in [0.1, 0.15) is 127 Å². The molecule has 19 heteroatoms. The number of carbonyl (C=O) groups excluding carboxylic acids is 8. The summed E-state index contributed by atoms with van der Waals surface area (Å²) in [5.74, 6) is -7.56. The average Bonchev–Trinajstić information content (AvgIpc) is 0.707. The van der Waals surface area contributed by atoms with Gasteiger partial charge in [0.15, 0.2) is 0 Å². The molecule has 0 spiro atoms. The van der Waals surface area contributed by atoms with Crippen molar-refractivity contribution >= 4 is 70.9 Å². The third-order valence-corrected chi connectivity index (χ3v) is 19.0. The third kappa shape index (κ3) is 17.1. The second-order valence-electron chi connectivity index (χ2n) is 26.6.